The number of aliphatic hydroxyl groups excluding tert-OH is 2. The first-order valence-electron chi connectivity index (χ1n) is 6.61. The Labute approximate surface area is 115 Å². The molecule has 98 valence electrons. The number of hydrogen-bond donors (Lipinski definition) is 2. The summed E-state index contributed by atoms with van der Waals surface area (Å²) in [6, 6.07) is 13.9. The van der Waals surface area contributed by atoms with Crippen molar-refractivity contribution in [1.29, 1.82) is 0 Å². The van der Waals surface area contributed by atoms with E-state index in [1.807, 2.05) is 42.5 Å². The third-order valence-electron chi connectivity index (χ3n) is 3.86. The van der Waals surface area contributed by atoms with E-state index in [0.717, 1.165) is 32.9 Å². The van der Waals surface area contributed by atoms with Gasteiger partial charge in [-0.3, -0.25) is 0 Å². The molecule has 0 saturated carbocycles. The van der Waals surface area contributed by atoms with Crippen LogP contribution >= 0.6 is 0 Å². The maximum absolute atomic E-state index is 10.1. The predicted octanol–water partition coefficient (Wildman–Crippen LogP) is 2.81. The van der Waals surface area contributed by atoms with Crippen LogP contribution < -0.4 is 0 Å². The highest BCUT2D eigenvalue weighted by atomic mass is 16.3. The summed E-state index contributed by atoms with van der Waals surface area (Å²) in [6.45, 7) is 0. The largest absolute Gasteiger partial charge is 0.386 e. The number of aromatic nitrogens is 1. The monoisotopic (exact) mass is 263 g/mol. The standard InChI is InChI=1S/C17H13NO2/c19-15-8-7-12-13(17(15)20)6-5-11-9-10-3-1-2-4-14(10)18-16(11)12/h1-9,15,17,19-20H/t15-,17?/m0/s1. The van der Waals surface area contributed by atoms with Crippen molar-refractivity contribution < 1.29 is 10.2 Å². The van der Waals surface area contributed by atoms with Crippen LogP contribution in [0, 0.1) is 0 Å². The van der Waals surface area contributed by atoms with Gasteiger partial charge in [0.2, 0.25) is 0 Å². The Morgan fingerprint density at radius 3 is 2.70 bits per heavy atom. The third kappa shape index (κ3) is 1.57. The average Bonchev–Trinajstić information content (AvgIpc) is 2.48. The molecule has 1 aromatic heterocycles. The molecule has 0 amide bonds. The number of rotatable bonds is 0. The van der Waals surface area contributed by atoms with Crippen LogP contribution in [0.15, 0.2) is 48.5 Å². The minimum absolute atomic E-state index is 0.732. The van der Waals surface area contributed by atoms with E-state index in [1.54, 1.807) is 6.08 Å². The summed E-state index contributed by atoms with van der Waals surface area (Å²) in [5.41, 5.74) is 3.42. The maximum atomic E-state index is 10.1. The molecule has 0 aliphatic heterocycles. The Kier molecular flexibility index (Phi) is 2.39. The zero-order chi connectivity index (χ0) is 13.7. The van der Waals surface area contributed by atoms with Crippen molar-refractivity contribution in [2.75, 3.05) is 0 Å². The van der Waals surface area contributed by atoms with E-state index in [9.17, 15) is 10.2 Å². The molecule has 3 heteroatoms. The highest BCUT2D eigenvalue weighted by Crippen LogP contribution is 2.33. The lowest BCUT2D eigenvalue weighted by molar-refractivity contribution is 0.0471. The lowest BCUT2D eigenvalue weighted by atomic mass is 9.90. The number of benzene rings is 2. The van der Waals surface area contributed by atoms with Crippen LogP contribution in [0.3, 0.4) is 0 Å². The predicted molar refractivity (Wildman–Crippen MR) is 79.2 cm³/mol. The minimum Gasteiger partial charge on any atom is -0.386 e. The van der Waals surface area contributed by atoms with E-state index >= 15 is 0 Å². The Bertz CT molecular complexity index is 854. The van der Waals surface area contributed by atoms with E-state index in [-0.39, 0.29) is 0 Å². The van der Waals surface area contributed by atoms with Crippen LogP contribution in [-0.4, -0.2) is 21.3 Å². The molecule has 3 aromatic rings. The summed E-state index contributed by atoms with van der Waals surface area (Å²) in [7, 11) is 0. The van der Waals surface area contributed by atoms with Gasteiger partial charge in [0.05, 0.1) is 11.0 Å². The van der Waals surface area contributed by atoms with E-state index in [1.165, 1.54) is 0 Å². The van der Waals surface area contributed by atoms with Crippen LogP contribution in [0.4, 0.5) is 0 Å². The number of para-hydroxylation sites is 1. The molecule has 1 heterocycles. The van der Waals surface area contributed by atoms with Crippen LogP contribution in [-0.2, 0) is 0 Å². The molecular formula is C17H13NO2. The van der Waals surface area contributed by atoms with E-state index < -0.39 is 12.2 Å². The fraction of sp³-hybridized carbons (Fsp3) is 0.118. The van der Waals surface area contributed by atoms with E-state index in [0.29, 0.717) is 0 Å². The molecule has 0 fully saturated rings. The van der Waals surface area contributed by atoms with Gasteiger partial charge in [-0.05, 0) is 17.7 Å². The highest BCUT2D eigenvalue weighted by Gasteiger charge is 2.23. The first kappa shape index (κ1) is 11.6. The van der Waals surface area contributed by atoms with Crippen molar-refractivity contribution >= 4 is 27.9 Å². The second-order valence-corrected chi connectivity index (χ2v) is 5.12. The number of fused-ring (bicyclic) bond motifs is 4. The van der Waals surface area contributed by atoms with Crippen LogP contribution in [0.2, 0.25) is 0 Å². The van der Waals surface area contributed by atoms with Crippen molar-refractivity contribution in [3.8, 4) is 0 Å². The fourth-order valence-electron chi connectivity index (χ4n) is 2.80. The number of hydrogen-bond acceptors (Lipinski definition) is 3. The summed E-state index contributed by atoms with van der Waals surface area (Å²) in [5.74, 6) is 0. The van der Waals surface area contributed by atoms with Gasteiger partial charge in [0.1, 0.15) is 12.2 Å². The summed E-state index contributed by atoms with van der Waals surface area (Å²) in [5, 5.41) is 21.9. The van der Waals surface area contributed by atoms with Crippen molar-refractivity contribution in [3.63, 3.8) is 0 Å². The van der Waals surface area contributed by atoms with Gasteiger partial charge in [0.25, 0.3) is 0 Å². The zero-order valence-corrected chi connectivity index (χ0v) is 10.7. The van der Waals surface area contributed by atoms with Gasteiger partial charge in [-0.25, -0.2) is 4.98 Å². The summed E-state index contributed by atoms with van der Waals surface area (Å²) in [6.07, 6.45) is 1.73. The van der Waals surface area contributed by atoms with Gasteiger partial charge in [-0.15, -0.1) is 0 Å². The smallest absolute Gasteiger partial charge is 0.109 e. The van der Waals surface area contributed by atoms with Crippen LogP contribution in [0.1, 0.15) is 17.2 Å². The molecule has 1 aliphatic rings. The van der Waals surface area contributed by atoms with Crippen molar-refractivity contribution in [2.24, 2.45) is 0 Å². The molecule has 2 atom stereocenters. The van der Waals surface area contributed by atoms with Gasteiger partial charge in [-0.1, -0.05) is 42.5 Å². The molecule has 0 radical (unpaired) electrons. The Morgan fingerprint density at radius 2 is 1.80 bits per heavy atom. The lowest BCUT2D eigenvalue weighted by Crippen LogP contribution is -2.19. The van der Waals surface area contributed by atoms with Crippen LogP contribution in [0.5, 0.6) is 0 Å². The molecule has 20 heavy (non-hydrogen) atoms. The average molecular weight is 263 g/mol. The van der Waals surface area contributed by atoms with E-state index in [2.05, 4.69) is 6.07 Å². The molecule has 4 rings (SSSR count). The number of pyridine rings is 1. The summed E-state index contributed by atoms with van der Waals surface area (Å²) in [4.78, 5) is 4.71. The molecule has 2 N–H and O–H groups in total. The fourth-order valence-corrected chi connectivity index (χ4v) is 2.80. The zero-order valence-electron chi connectivity index (χ0n) is 10.7. The maximum Gasteiger partial charge on any atom is 0.109 e. The SMILES string of the molecule is OC1c2ccc3cc4ccccc4nc3c2C=C[C@@H]1O. The second-order valence-electron chi connectivity index (χ2n) is 5.12. The molecule has 1 unspecified atom stereocenters. The number of aliphatic hydroxyl groups is 2. The molecular weight excluding hydrogens is 250 g/mol. The highest BCUT2D eigenvalue weighted by molar-refractivity contribution is 5.97. The summed E-state index contributed by atoms with van der Waals surface area (Å²) >= 11 is 0. The van der Waals surface area contributed by atoms with Crippen LogP contribution in [0.25, 0.3) is 27.9 Å². The molecule has 0 bridgehead atoms. The molecule has 1 aliphatic carbocycles. The minimum atomic E-state index is -0.882. The van der Waals surface area contributed by atoms with Gasteiger partial charge in [0, 0.05) is 16.3 Å². The molecule has 0 saturated heterocycles. The Hall–Kier alpha value is -2.23. The first-order chi connectivity index (χ1) is 9.74. The Balaban J connectivity index is 2.10. The van der Waals surface area contributed by atoms with Gasteiger partial charge < -0.3 is 10.2 Å². The molecule has 2 aromatic carbocycles. The van der Waals surface area contributed by atoms with Gasteiger partial charge in [0.15, 0.2) is 0 Å². The molecule has 0 spiro atoms. The van der Waals surface area contributed by atoms with Crippen molar-refractivity contribution in [2.45, 2.75) is 12.2 Å². The molecule has 3 nitrogen and oxygen atoms in total. The lowest BCUT2D eigenvalue weighted by Gasteiger charge is -2.22. The second kappa shape index (κ2) is 4.13. The van der Waals surface area contributed by atoms with Crippen molar-refractivity contribution in [1.82, 2.24) is 4.98 Å². The third-order valence-corrected chi connectivity index (χ3v) is 3.86. The topological polar surface area (TPSA) is 53.4 Å². The summed E-state index contributed by atoms with van der Waals surface area (Å²) < 4.78 is 0. The van der Waals surface area contributed by atoms with Gasteiger partial charge >= 0.3 is 0 Å². The Morgan fingerprint density at radius 1 is 0.950 bits per heavy atom. The normalized spacial score (nSPS) is 21.3. The van der Waals surface area contributed by atoms with Crippen molar-refractivity contribution in [3.05, 3.63) is 59.7 Å². The number of nitrogens with zero attached hydrogens (tertiary/aromatic N) is 1. The quantitative estimate of drug-likeness (QED) is 0.613. The van der Waals surface area contributed by atoms with Gasteiger partial charge in [-0.2, -0.15) is 0 Å². The van der Waals surface area contributed by atoms with E-state index in [4.69, 9.17) is 4.98 Å². The first-order valence-corrected chi connectivity index (χ1v) is 6.61.